The van der Waals surface area contributed by atoms with Crippen LogP contribution in [0, 0.1) is 0 Å². The fraction of sp³-hybridized carbons (Fsp3) is 0.917. The SMILES string of the molecule is CCCCP(=O)(CCCC)C(=O)CCC. The number of hydrogen-bond acceptors (Lipinski definition) is 2. The average molecular weight is 232 g/mol. The molecular weight excluding hydrogens is 207 g/mol. The van der Waals surface area contributed by atoms with Gasteiger partial charge in [-0.15, -0.1) is 0 Å². The standard InChI is InChI=1S/C12H25O2P/c1-4-7-10-15(14,11-8-5-2)12(13)9-6-3/h4-11H2,1-3H3. The van der Waals surface area contributed by atoms with Crippen LogP contribution in [0.5, 0.6) is 0 Å². The van der Waals surface area contributed by atoms with Crippen molar-refractivity contribution in [1.82, 2.24) is 0 Å². The van der Waals surface area contributed by atoms with E-state index in [1.54, 1.807) is 0 Å². The van der Waals surface area contributed by atoms with Crippen molar-refractivity contribution in [3.63, 3.8) is 0 Å². The van der Waals surface area contributed by atoms with Gasteiger partial charge in [-0.25, -0.2) is 0 Å². The van der Waals surface area contributed by atoms with E-state index in [9.17, 15) is 9.36 Å². The molecule has 0 saturated heterocycles. The third-order valence-corrected chi connectivity index (χ3v) is 5.87. The molecule has 0 atom stereocenters. The van der Waals surface area contributed by atoms with E-state index in [4.69, 9.17) is 0 Å². The summed E-state index contributed by atoms with van der Waals surface area (Å²) in [6, 6.07) is 0. The number of unbranched alkanes of at least 4 members (excludes halogenated alkanes) is 2. The van der Waals surface area contributed by atoms with Gasteiger partial charge in [0, 0.05) is 18.7 Å². The molecule has 0 spiro atoms. The summed E-state index contributed by atoms with van der Waals surface area (Å²) in [4.78, 5) is 11.8. The molecule has 0 aliphatic carbocycles. The smallest absolute Gasteiger partial charge is 0.191 e. The summed E-state index contributed by atoms with van der Waals surface area (Å²) in [6.45, 7) is 6.13. The lowest BCUT2D eigenvalue weighted by Crippen LogP contribution is -2.07. The molecule has 0 unspecified atom stereocenters. The van der Waals surface area contributed by atoms with E-state index < -0.39 is 7.14 Å². The zero-order valence-corrected chi connectivity index (χ0v) is 11.3. The van der Waals surface area contributed by atoms with E-state index in [0.29, 0.717) is 18.7 Å². The summed E-state index contributed by atoms with van der Waals surface area (Å²) in [6.07, 6.45) is 6.51. The van der Waals surface area contributed by atoms with Crippen LogP contribution in [0.4, 0.5) is 0 Å². The Balaban J connectivity index is 4.38. The largest absolute Gasteiger partial charge is 0.316 e. The lowest BCUT2D eigenvalue weighted by atomic mass is 10.4. The number of hydrogen-bond donors (Lipinski definition) is 0. The van der Waals surface area contributed by atoms with E-state index in [2.05, 4.69) is 13.8 Å². The molecule has 0 aliphatic heterocycles. The molecule has 0 heterocycles. The predicted octanol–water partition coefficient (Wildman–Crippen LogP) is 4.28. The first-order valence-corrected chi connectivity index (χ1v) is 8.29. The summed E-state index contributed by atoms with van der Waals surface area (Å²) in [5, 5.41) is 0. The first-order chi connectivity index (χ1) is 7.10. The summed E-state index contributed by atoms with van der Waals surface area (Å²) < 4.78 is 12.5. The van der Waals surface area contributed by atoms with Gasteiger partial charge >= 0.3 is 0 Å². The third kappa shape index (κ3) is 5.51. The normalized spacial score (nSPS) is 11.7. The Morgan fingerprint density at radius 3 is 1.73 bits per heavy atom. The minimum atomic E-state index is -2.50. The molecule has 0 aliphatic rings. The molecule has 0 bridgehead atoms. The lowest BCUT2D eigenvalue weighted by molar-refractivity contribution is -0.112. The van der Waals surface area contributed by atoms with E-state index in [0.717, 1.165) is 32.1 Å². The Morgan fingerprint density at radius 1 is 0.933 bits per heavy atom. The van der Waals surface area contributed by atoms with Gasteiger partial charge in [0.2, 0.25) is 0 Å². The van der Waals surface area contributed by atoms with Gasteiger partial charge in [0.15, 0.2) is 5.52 Å². The second-order valence-corrected chi connectivity index (χ2v) is 7.36. The molecule has 0 radical (unpaired) electrons. The minimum Gasteiger partial charge on any atom is -0.316 e. The van der Waals surface area contributed by atoms with E-state index in [1.807, 2.05) is 6.92 Å². The molecule has 15 heavy (non-hydrogen) atoms. The monoisotopic (exact) mass is 232 g/mol. The van der Waals surface area contributed by atoms with Gasteiger partial charge in [-0.2, -0.15) is 0 Å². The highest BCUT2D eigenvalue weighted by atomic mass is 31.2. The summed E-state index contributed by atoms with van der Waals surface area (Å²) in [5.74, 6) is 0. The van der Waals surface area contributed by atoms with E-state index in [1.165, 1.54) is 0 Å². The van der Waals surface area contributed by atoms with Crippen LogP contribution in [0.3, 0.4) is 0 Å². The fourth-order valence-electron chi connectivity index (χ4n) is 1.61. The van der Waals surface area contributed by atoms with Gasteiger partial charge in [0.25, 0.3) is 0 Å². The van der Waals surface area contributed by atoms with Crippen LogP contribution < -0.4 is 0 Å². The number of carbonyl (C=O) groups excluding carboxylic acids is 1. The number of carbonyl (C=O) groups is 1. The summed E-state index contributed by atoms with van der Waals surface area (Å²) in [7, 11) is -2.50. The molecule has 0 amide bonds. The zero-order chi connectivity index (χ0) is 11.7. The van der Waals surface area contributed by atoms with Gasteiger partial charge < -0.3 is 4.57 Å². The van der Waals surface area contributed by atoms with E-state index >= 15 is 0 Å². The molecule has 2 nitrogen and oxygen atoms in total. The second kappa shape index (κ2) is 8.10. The van der Waals surface area contributed by atoms with E-state index in [-0.39, 0.29) is 5.52 Å². The highest BCUT2D eigenvalue weighted by Crippen LogP contribution is 2.49. The Morgan fingerprint density at radius 2 is 1.40 bits per heavy atom. The molecule has 0 saturated carbocycles. The van der Waals surface area contributed by atoms with Crippen LogP contribution in [0.15, 0.2) is 0 Å². The van der Waals surface area contributed by atoms with Gasteiger partial charge in [-0.3, -0.25) is 4.79 Å². The topological polar surface area (TPSA) is 34.1 Å². The fourth-order valence-corrected chi connectivity index (χ4v) is 4.61. The number of rotatable bonds is 9. The molecule has 0 aromatic heterocycles. The highest BCUT2D eigenvalue weighted by Gasteiger charge is 2.28. The van der Waals surface area contributed by atoms with Crippen molar-refractivity contribution >= 4 is 12.7 Å². The average Bonchev–Trinajstić information content (AvgIpc) is 2.24. The summed E-state index contributed by atoms with van der Waals surface area (Å²) in [5.41, 5.74) is 0.0481. The quantitative estimate of drug-likeness (QED) is 0.556. The van der Waals surface area contributed by atoms with Crippen LogP contribution in [0.2, 0.25) is 0 Å². The Hall–Kier alpha value is -0.100. The molecule has 0 fully saturated rings. The van der Waals surface area contributed by atoms with Crippen molar-refractivity contribution in [2.24, 2.45) is 0 Å². The van der Waals surface area contributed by atoms with Gasteiger partial charge in [0.05, 0.1) is 0 Å². The van der Waals surface area contributed by atoms with Gasteiger partial charge in [-0.05, 0) is 19.3 Å². The van der Waals surface area contributed by atoms with Crippen molar-refractivity contribution in [2.45, 2.75) is 59.3 Å². The maximum absolute atomic E-state index is 12.5. The highest BCUT2D eigenvalue weighted by molar-refractivity contribution is 7.80. The van der Waals surface area contributed by atoms with Gasteiger partial charge in [0.1, 0.15) is 7.14 Å². The molecular formula is C12H25O2P. The van der Waals surface area contributed by atoms with Crippen molar-refractivity contribution in [3.8, 4) is 0 Å². The van der Waals surface area contributed by atoms with Gasteiger partial charge in [-0.1, -0.05) is 33.6 Å². The minimum absolute atomic E-state index is 0.0481. The second-order valence-electron chi connectivity index (χ2n) is 4.19. The van der Waals surface area contributed by atoms with Crippen LogP contribution in [0.1, 0.15) is 59.3 Å². The maximum atomic E-state index is 12.5. The molecule has 0 aromatic carbocycles. The van der Waals surface area contributed by atoms with Crippen molar-refractivity contribution in [2.75, 3.05) is 12.3 Å². The molecule has 90 valence electrons. The zero-order valence-electron chi connectivity index (χ0n) is 10.4. The van der Waals surface area contributed by atoms with Crippen LogP contribution in [-0.2, 0) is 9.36 Å². The first-order valence-electron chi connectivity index (χ1n) is 6.22. The summed E-state index contributed by atoms with van der Waals surface area (Å²) >= 11 is 0. The first kappa shape index (κ1) is 14.9. The Kier molecular flexibility index (Phi) is 8.04. The molecule has 0 aromatic rings. The molecule has 0 N–H and O–H groups in total. The van der Waals surface area contributed by atoms with Crippen LogP contribution >= 0.6 is 7.14 Å². The molecule has 0 rings (SSSR count). The van der Waals surface area contributed by atoms with Crippen LogP contribution in [-0.4, -0.2) is 17.8 Å². The third-order valence-electron chi connectivity index (χ3n) is 2.66. The van der Waals surface area contributed by atoms with Crippen molar-refractivity contribution < 1.29 is 9.36 Å². The lowest BCUT2D eigenvalue weighted by Gasteiger charge is -2.16. The Labute approximate surface area is 94.2 Å². The predicted molar refractivity (Wildman–Crippen MR) is 67.1 cm³/mol. The van der Waals surface area contributed by atoms with Crippen LogP contribution in [0.25, 0.3) is 0 Å². The maximum Gasteiger partial charge on any atom is 0.191 e. The molecule has 3 heteroatoms. The Bertz CT molecular complexity index is 212. The van der Waals surface area contributed by atoms with Crippen molar-refractivity contribution in [3.05, 3.63) is 0 Å². The van der Waals surface area contributed by atoms with Crippen molar-refractivity contribution in [1.29, 1.82) is 0 Å².